The highest BCUT2D eigenvalue weighted by Crippen LogP contribution is 2.23. The molecule has 1 aliphatic rings. The van der Waals surface area contributed by atoms with Crippen LogP contribution >= 0.6 is 0 Å². The van der Waals surface area contributed by atoms with Gasteiger partial charge in [0, 0.05) is 34.9 Å². The van der Waals surface area contributed by atoms with Crippen molar-refractivity contribution in [3.8, 4) is 5.75 Å². The maximum atomic E-state index is 12.4. The summed E-state index contributed by atoms with van der Waals surface area (Å²) >= 11 is 0. The molecule has 5 heteroatoms. The number of aryl methyl sites for hydroxylation is 1. The van der Waals surface area contributed by atoms with Crippen LogP contribution in [0.4, 0.5) is 0 Å². The molecule has 0 bridgehead atoms. The van der Waals surface area contributed by atoms with Gasteiger partial charge in [-0.1, -0.05) is 19.9 Å². The fraction of sp³-hybridized carbons (Fsp3) is 0.611. The number of ether oxygens (including phenoxy) is 1. The van der Waals surface area contributed by atoms with Crippen LogP contribution in [0.1, 0.15) is 44.2 Å². The Kier molecular flexibility index (Phi) is 6.22. The first kappa shape index (κ1) is 18.0. The van der Waals surface area contributed by atoms with E-state index in [9.17, 15) is 9.00 Å². The van der Waals surface area contributed by atoms with Crippen molar-refractivity contribution in [3.63, 3.8) is 0 Å². The molecule has 1 aliphatic heterocycles. The van der Waals surface area contributed by atoms with Crippen LogP contribution in [-0.4, -0.2) is 45.7 Å². The molecule has 0 aliphatic carbocycles. The van der Waals surface area contributed by atoms with Crippen LogP contribution in [0.3, 0.4) is 0 Å². The molecular formula is C18H27NO3S. The van der Waals surface area contributed by atoms with Gasteiger partial charge < -0.3 is 9.64 Å². The van der Waals surface area contributed by atoms with E-state index in [1.807, 2.05) is 19.1 Å². The Morgan fingerprint density at radius 2 is 2.13 bits per heavy atom. The van der Waals surface area contributed by atoms with Crippen LogP contribution in [0.2, 0.25) is 0 Å². The van der Waals surface area contributed by atoms with Crippen molar-refractivity contribution in [1.29, 1.82) is 0 Å². The summed E-state index contributed by atoms with van der Waals surface area (Å²) in [4.78, 5) is 14.2. The fourth-order valence-corrected chi connectivity index (χ4v) is 4.17. The van der Waals surface area contributed by atoms with Gasteiger partial charge in [-0.15, -0.1) is 0 Å². The summed E-state index contributed by atoms with van der Waals surface area (Å²) < 4.78 is 17.3. The van der Waals surface area contributed by atoms with Crippen molar-refractivity contribution < 1.29 is 13.7 Å². The van der Waals surface area contributed by atoms with Gasteiger partial charge in [-0.3, -0.25) is 9.00 Å². The van der Waals surface area contributed by atoms with Gasteiger partial charge in [0.05, 0.1) is 0 Å². The van der Waals surface area contributed by atoms with Gasteiger partial charge >= 0.3 is 0 Å². The van der Waals surface area contributed by atoms with E-state index < -0.39 is 10.8 Å². The first-order chi connectivity index (χ1) is 10.9. The standard InChI is InChI=1S/C18H27NO3S/c1-13(2)17-6-5-16(11-14(17)3)22-12-18(20)19-8-10-23(21)9-7-15(19)4/h5-6,11,13,15H,7-10,12H2,1-4H3/t15-,23-/m0/s1. The van der Waals surface area contributed by atoms with Crippen molar-refractivity contribution in [1.82, 2.24) is 4.90 Å². The van der Waals surface area contributed by atoms with Crippen molar-refractivity contribution in [2.24, 2.45) is 0 Å². The van der Waals surface area contributed by atoms with E-state index in [1.165, 1.54) is 11.1 Å². The lowest BCUT2D eigenvalue weighted by molar-refractivity contribution is -0.135. The van der Waals surface area contributed by atoms with E-state index in [1.54, 1.807) is 4.90 Å². The van der Waals surface area contributed by atoms with Gasteiger partial charge in [-0.25, -0.2) is 0 Å². The first-order valence-electron chi connectivity index (χ1n) is 8.26. The summed E-state index contributed by atoms with van der Waals surface area (Å²) in [5.41, 5.74) is 2.48. The van der Waals surface area contributed by atoms with Crippen LogP contribution in [-0.2, 0) is 15.6 Å². The Morgan fingerprint density at radius 1 is 1.39 bits per heavy atom. The Balaban J connectivity index is 1.96. The summed E-state index contributed by atoms with van der Waals surface area (Å²) in [6.07, 6.45) is 0.792. The molecule has 2 atom stereocenters. The molecular weight excluding hydrogens is 310 g/mol. The average molecular weight is 337 g/mol. The minimum absolute atomic E-state index is 0.0259. The Labute approximate surface area is 141 Å². The SMILES string of the molecule is Cc1cc(OCC(=O)N2CC[S@@](=O)CC[C@@H]2C)ccc1C(C)C. The van der Waals surface area contributed by atoms with Crippen molar-refractivity contribution in [2.75, 3.05) is 24.7 Å². The summed E-state index contributed by atoms with van der Waals surface area (Å²) in [5.74, 6) is 2.43. The van der Waals surface area contributed by atoms with E-state index >= 15 is 0 Å². The summed E-state index contributed by atoms with van der Waals surface area (Å²) in [6.45, 7) is 9.01. The van der Waals surface area contributed by atoms with Gasteiger partial charge in [0.1, 0.15) is 5.75 Å². The molecule has 1 saturated heterocycles. The number of rotatable bonds is 4. The Hall–Kier alpha value is -1.36. The zero-order valence-corrected chi connectivity index (χ0v) is 15.3. The molecule has 1 fully saturated rings. The van der Waals surface area contributed by atoms with Gasteiger partial charge in [-0.2, -0.15) is 0 Å². The number of hydrogen-bond donors (Lipinski definition) is 0. The highest BCUT2D eigenvalue weighted by atomic mass is 32.2. The van der Waals surface area contributed by atoms with E-state index in [4.69, 9.17) is 4.74 Å². The number of amides is 1. The zero-order valence-electron chi connectivity index (χ0n) is 14.5. The lowest BCUT2D eigenvalue weighted by Gasteiger charge is -2.26. The fourth-order valence-electron chi connectivity index (χ4n) is 2.96. The molecule has 0 aromatic heterocycles. The molecule has 2 rings (SSSR count). The van der Waals surface area contributed by atoms with Crippen molar-refractivity contribution in [3.05, 3.63) is 29.3 Å². The van der Waals surface area contributed by atoms with E-state index in [0.717, 1.165) is 12.2 Å². The van der Waals surface area contributed by atoms with Gasteiger partial charge in [-0.05, 0) is 49.4 Å². The minimum atomic E-state index is -0.800. The molecule has 0 N–H and O–H groups in total. The second-order valence-corrected chi connectivity index (χ2v) is 8.23. The van der Waals surface area contributed by atoms with Gasteiger partial charge in [0.2, 0.25) is 0 Å². The van der Waals surface area contributed by atoms with Crippen LogP contribution in [0.15, 0.2) is 18.2 Å². The van der Waals surface area contributed by atoms with Crippen molar-refractivity contribution >= 4 is 16.7 Å². The van der Waals surface area contributed by atoms with Gasteiger partial charge in [0.15, 0.2) is 6.61 Å². The molecule has 128 valence electrons. The second-order valence-electron chi connectivity index (χ2n) is 6.53. The van der Waals surface area contributed by atoms with Gasteiger partial charge in [0.25, 0.3) is 5.91 Å². The predicted molar refractivity (Wildman–Crippen MR) is 94.4 cm³/mol. The zero-order chi connectivity index (χ0) is 17.0. The quantitative estimate of drug-likeness (QED) is 0.849. The molecule has 1 heterocycles. The smallest absolute Gasteiger partial charge is 0.260 e. The number of benzene rings is 1. The molecule has 0 unspecified atom stereocenters. The molecule has 23 heavy (non-hydrogen) atoms. The van der Waals surface area contributed by atoms with E-state index in [0.29, 0.717) is 24.0 Å². The average Bonchev–Trinajstić information content (AvgIpc) is 2.66. The number of hydrogen-bond acceptors (Lipinski definition) is 3. The first-order valence-corrected chi connectivity index (χ1v) is 9.75. The summed E-state index contributed by atoms with van der Waals surface area (Å²) in [7, 11) is -0.800. The predicted octanol–water partition coefficient (Wildman–Crippen LogP) is 2.87. The van der Waals surface area contributed by atoms with Crippen LogP contribution in [0.25, 0.3) is 0 Å². The third kappa shape index (κ3) is 4.80. The highest BCUT2D eigenvalue weighted by Gasteiger charge is 2.24. The van der Waals surface area contributed by atoms with Crippen LogP contribution in [0.5, 0.6) is 5.75 Å². The number of carbonyl (C=O) groups excluding carboxylic acids is 1. The largest absolute Gasteiger partial charge is 0.484 e. The summed E-state index contributed by atoms with van der Waals surface area (Å²) in [6, 6.07) is 6.11. The minimum Gasteiger partial charge on any atom is -0.484 e. The monoisotopic (exact) mass is 337 g/mol. The van der Waals surface area contributed by atoms with E-state index in [2.05, 4.69) is 26.8 Å². The number of nitrogens with zero attached hydrogens (tertiary/aromatic N) is 1. The third-order valence-electron chi connectivity index (χ3n) is 4.40. The van der Waals surface area contributed by atoms with Crippen molar-refractivity contribution in [2.45, 2.75) is 46.1 Å². The number of carbonyl (C=O) groups is 1. The molecule has 0 saturated carbocycles. The molecule has 1 amide bonds. The molecule has 0 spiro atoms. The lowest BCUT2D eigenvalue weighted by Crippen LogP contribution is -2.42. The van der Waals surface area contributed by atoms with Crippen LogP contribution < -0.4 is 4.74 Å². The molecule has 1 aromatic rings. The normalized spacial score (nSPS) is 22.0. The maximum absolute atomic E-state index is 12.4. The lowest BCUT2D eigenvalue weighted by atomic mass is 9.98. The second kappa shape index (κ2) is 7.95. The molecule has 0 radical (unpaired) electrons. The molecule has 4 nitrogen and oxygen atoms in total. The topological polar surface area (TPSA) is 46.6 Å². The summed E-state index contributed by atoms with van der Waals surface area (Å²) in [5, 5.41) is 0. The molecule has 1 aromatic carbocycles. The van der Waals surface area contributed by atoms with E-state index in [-0.39, 0.29) is 18.6 Å². The highest BCUT2D eigenvalue weighted by molar-refractivity contribution is 7.85. The van der Waals surface area contributed by atoms with Crippen LogP contribution in [0, 0.1) is 6.92 Å². The maximum Gasteiger partial charge on any atom is 0.260 e. The third-order valence-corrected chi connectivity index (χ3v) is 5.73. The Morgan fingerprint density at radius 3 is 2.78 bits per heavy atom. The Bertz CT molecular complexity index is 586.